The lowest BCUT2D eigenvalue weighted by molar-refractivity contribution is -0.138. The Kier molecular flexibility index (Phi) is 7.85. The molecule has 16 heavy (non-hydrogen) atoms. The van der Waals surface area contributed by atoms with Crippen LogP contribution < -0.4 is 5.32 Å². The lowest BCUT2D eigenvalue weighted by atomic mass is 10.1. The fourth-order valence-electron chi connectivity index (χ4n) is 0.979. The number of ether oxygens (including phenoxy) is 1. The molecule has 94 valence electrons. The molecule has 4 nitrogen and oxygen atoms in total. The Labute approximate surface area is 97.7 Å². The van der Waals surface area contributed by atoms with Crippen LogP contribution in [-0.4, -0.2) is 36.4 Å². The Bertz CT molecular complexity index is 219. The molecular formula is C12H23NO3. The van der Waals surface area contributed by atoms with Crippen molar-refractivity contribution in [3.63, 3.8) is 0 Å². The average Bonchev–Trinajstić information content (AvgIpc) is 2.13. The first-order valence-electron chi connectivity index (χ1n) is 5.61. The van der Waals surface area contributed by atoms with Gasteiger partial charge >= 0.3 is 5.97 Å². The van der Waals surface area contributed by atoms with Crippen LogP contribution in [0.25, 0.3) is 0 Å². The summed E-state index contributed by atoms with van der Waals surface area (Å²) in [5, 5.41) is 11.7. The van der Waals surface area contributed by atoms with Crippen molar-refractivity contribution in [2.24, 2.45) is 0 Å². The van der Waals surface area contributed by atoms with Crippen LogP contribution in [0.2, 0.25) is 0 Å². The van der Waals surface area contributed by atoms with Crippen LogP contribution in [0.1, 0.15) is 33.6 Å². The Hall–Kier alpha value is -0.870. The molecular weight excluding hydrogens is 206 g/mol. The van der Waals surface area contributed by atoms with E-state index in [-0.39, 0.29) is 12.0 Å². The van der Waals surface area contributed by atoms with E-state index in [0.717, 1.165) is 13.0 Å². The van der Waals surface area contributed by atoms with E-state index in [1.165, 1.54) is 0 Å². The minimum absolute atomic E-state index is 0.0787. The third-order valence-corrected chi connectivity index (χ3v) is 1.81. The van der Waals surface area contributed by atoms with Crippen LogP contribution >= 0.6 is 0 Å². The molecule has 0 amide bonds. The summed E-state index contributed by atoms with van der Waals surface area (Å²) in [6, 6.07) is 0. The molecule has 0 heterocycles. The molecule has 0 radical (unpaired) electrons. The molecule has 0 unspecified atom stereocenters. The van der Waals surface area contributed by atoms with Crippen LogP contribution in [0.4, 0.5) is 0 Å². The predicted octanol–water partition coefficient (Wildman–Crippen LogP) is 1.81. The second-order valence-electron chi connectivity index (χ2n) is 4.65. The van der Waals surface area contributed by atoms with E-state index in [1.807, 2.05) is 6.08 Å². The number of rotatable bonds is 8. The Morgan fingerprint density at radius 1 is 1.31 bits per heavy atom. The average molecular weight is 229 g/mol. The summed E-state index contributed by atoms with van der Waals surface area (Å²) < 4.78 is 5.14. The van der Waals surface area contributed by atoms with Crippen LogP contribution in [-0.2, 0) is 9.53 Å². The van der Waals surface area contributed by atoms with Crippen molar-refractivity contribution in [3.8, 4) is 0 Å². The van der Waals surface area contributed by atoms with E-state index in [2.05, 4.69) is 32.2 Å². The molecule has 0 atom stereocenters. The normalized spacial score (nSPS) is 12.2. The van der Waals surface area contributed by atoms with Crippen molar-refractivity contribution in [2.75, 3.05) is 19.8 Å². The first-order valence-corrected chi connectivity index (χ1v) is 5.61. The molecule has 0 saturated carbocycles. The minimum atomic E-state index is -0.815. The van der Waals surface area contributed by atoms with Crippen LogP contribution in [0, 0.1) is 0 Å². The van der Waals surface area contributed by atoms with Gasteiger partial charge in [0.15, 0.2) is 0 Å². The molecule has 0 rings (SSSR count). The van der Waals surface area contributed by atoms with Gasteiger partial charge < -0.3 is 15.2 Å². The third kappa shape index (κ3) is 13.1. The van der Waals surface area contributed by atoms with Gasteiger partial charge in [0.25, 0.3) is 0 Å². The van der Waals surface area contributed by atoms with Crippen molar-refractivity contribution in [3.05, 3.63) is 12.2 Å². The molecule has 0 aliphatic heterocycles. The molecule has 2 N–H and O–H groups in total. The summed E-state index contributed by atoms with van der Waals surface area (Å²) in [7, 11) is 0. The zero-order valence-electron chi connectivity index (χ0n) is 10.5. The molecule has 0 aliphatic rings. The van der Waals surface area contributed by atoms with E-state index in [0.29, 0.717) is 13.2 Å². The predicted molar refractivity (Wildman–Crippen MR) is 64.6 cm³/mol. The first kappa shape index (κ1) is 15.1. The zero-order valence-corrected chi connectivity index (χ0v) is 10.5. The van der Waals surface area contributed by atoms with Crippen molar-refractivity contribution in [1.29, 1.82) is 0 Å². The fourth-order valence-corrected chi connectivity index (χ4v) is 0.979. The highest BCUT2D eigenvalue weighted by atomic mass is 16.5. The van der Waals surface area contributed by atoms with Crippen LogP contribution in [0.5, 0.6) is 0 Å². The van der Waals surface area contributed by atoms with Crippen molar-refractivity contribution >= 4 is 5.97 Å². The van der Waals surface area contributed by atoms with Crippen molar-refractivity contribution in [2.45, 2.75) is 39.2 Å². The summed E-state index contributed by atoms with van der Waals surface area (Å²) in [5.74, 6) is -0.815. The van der Waals surface area contributed by atoms with Crippen molar-refractivity contribution < 1.29 is 14.6 Å². The maximum absolute atomic E-state index is 10.2. The molecule has 0 fully saturated rings. The maximum Gasteiger partial charge on any atom is 0.305 e. The molecule has 0 aromatic carbocycles. The fraction of sp³-hybridized carbons (Fsp3) is 0.750. The van der Waals surface area contributed by atoms with Gasteiger partial charge in [-0.3, -0.25) is 4.79 Å². The quantitative estimate of drug-likeness (QED) is 0.492. The van der Waals surface area contributed by atoms with Gasteiger partial charge in [-0.05, 0) is 27.2 Å². The second kappa shape index (κ2) is 8.30. The highest BCUT2D eigenvalue weighted by Gasteiger charge is 2.05. The van der Waals surface area contributed by atoms with Gasteiger partial charge in [0.1, 0.15) is 0 Å². The lowest BCUT2D eigenvalue weighted by Gasteiger charge is -2.18. The minimum Gasteiger partial charge on any atom is -0.481 e. The van der Waals surface area contributed by atoms with Gasteiger partial charge in [0, 0.05) is 12.1 Å². The Balaban J connectivity index is 3.25. The maximum atomic E-state index is 10.2. The summed E-state index contributed by atoms with van der Waals surface area (Å²) >= 11 is 0. The second-order valence-corrected chi connectivity index (χ2v) is 4.65. The summed E-state index contributed by atoms with van der Waals surface area (Å²) in [6.07, 6.45) is 5.01. The number of carbonyl (C=O) groups is 1. The molecule has 0 aromatic rings. The van der Waals surface area contributed by atoms with Gasteiger partial charge in [-0.25, -0.2) is 0 Å². The topological polar surface area (TPSA) is 58.6 Å². The number of carboxylic acids is 1. The van der Waals surface area contributed by atoms with E-state index in [9.17, 15) is 4.79 Å². The first-order chi connectivity index (χ1) is 7.42. The number of hydrogen-bond acceptors (Lipinski definition) is 3. The van der Waals surface area contributed by atoms with Gasteiger partial charge in [-0.1, -0.05) is 12.2 Å². The largest absolute Gasteiger partial charge is 0.481 e. The molecule has 0 saturated heterocycles. The highest BCUT2D eigenvalue weighted by molar-refractivity contribution is 5.66. The van der Waals surface area contributed by atoms with E-state index in [1.54, 1.807) is 0 Å². The molecule has 0 aliphatic carbocycles. The Morgan fingerprint density at radius 3 is 2.56 bits per heavy atom. The van der Waals surface area contributed by atoms with E-state index in [4.69, 9.17) is 9.84 Å². The number of carboxylic acid groups (broad SMARTS) is 1. The monoisotopic (exact) mass is 229 g/mol. The van der Waals surface area contributed by atoms with Gasteiger partial charge in [0.2, 0.25) is 0 Å². The van der Waals surface area contributed by atoms with Crippen LogP contribution in [0.15, 0.2) is 12.2 Å². The SMILES string of the molecule is CC(C)(C)NCC=CCCOCCC(=O)O. The van der Waals surface area contributed by atoms with E-state index >= 15 is 0 Å². The molecule has 0 spiro atoms. The highest BCUT2D eigenvalue weighted by Crippen LogP contribution is 1.97. The van der Waals surface area contributed by atoms with Gasteiger partial charge in [-0.2, -0.15) is 0 Å². The molecule has 0 aromatic heterocycles. The number of hydrogen-bond donors (Lipinski definition) is 2. The summed E-state index contributed by atoms with van der Waals surface area (Å²) in [5.41, 5.74) is 0.141. The standard InChI is InChI=1S/C12H23NO3/c1-12(2,3)13-8-5-4-6-9-16-10-7-11(14)15/h4-5,13H,6-10H2,1-3H3,(H,14,15). The Morgan fingerprint density at radius 2 is 2.00 bits per heavy atom. The lowest BCUT2D eigenvalue weighted by Crippen LogP contribution is -2.35. The smallest absolute Gasteiger partial charge is 0.305 e. The van der Waals surface area contributed by atoms with Gasteiger partial charge in [-0.15, -0.1) is 0 Å². The third-order valence-electron chi connectivity index (χ3n) is 1.81. The van der Waals surface area contributed by atoms with Gasteiger partial charge in [0.05, 0.1) is 19.6 Å². The number of aliphatic carboxylic acids is 1. The van der Waals surface area contributed by atoms with Crippen molar-refractivity contribution in [1.82, 2.24) is 5.32 Å². The molecule has 4 heteroatoms. The molecule has 0 bridgehead atoms. The van der Waals surface area contributed by atoms with Crippen LogP contribution in [0.3, 0.4) is 0 Å². The summed E-state index contributed by atoms with van der Waals surface area (Å²) in [6.45, 7) is 8.09. The summed E-state index contributed by atoms with van der Waals surface area (Å²) in [4.78, 5) is 10.2. The van der Waals surface area contributed by atoms with E-state index < -0.39 is 5.97 Å². The number of nitrogens with one attached hydrogen (secondary N) is 1. The zero-order chi connectivity index (χ0) is 12.4.